The molecule has 2 rings (SSSR count). The third-order valence-corrected chi connectivity index (χ3v) is 3.50. The first-order chi connectivity index (χ1) is 9.79. The van der Waals surface area contributed by atoms with Gasteiger partial charge in [-0.2, -0.15) is 0 Å². The number of nitrogens with zero attached hydrogens (tertiary/aromatic N) is 1. The molecule has 0 aromatic carbocycles. The van der Waals surface area contributed by atoms with Crippen molar-refractivity contribution in [2.45, 2.75) is 26.2 Å². The van der Waals surface area contributed by atoms with Crippen molar-refractivity contribution >= 4 is 5.91 Å². The molecule has 1 aliphatic heterocycles. The van der Waals surface area contributed by atoms with Gasteiger partial charge in [0, 0.05) is 19.5 Å². The van der Waals surface area contributed by atoms with Crippen LogP contribution in [0.15, 0.2) is 22.8 Å². The van der Waals surface area contributed by atoms with E-state index >= 15 is 0 Å². The number of likely N-dealkylation sites (tertiary alicyclic amines) is 1. The van der Waals surface area contributed by atoms with E-state index in [9.17, 15) is 4.79 Å². The molecule has 1 aromatic rings. The van der Waals surface area contributed by atoms with Gasteiger partial charge in [0.25, 0.3) is 5.91 Å². The summed E-state index contributed by atoms with van der Waals surface area (Å²) in [5.41, 5.74) is 0. The first-order valence-electron chi connectivity index (χ1n) is 7.29. The summed E-state index contributed by atoms with van der Waals surface area (Å²) in [6.45, 7) is 5.74. The Labute approximate surface area is 120 Å². The number of nitrogens with one attached hydrogen (secondary N) is 1. The number of amides is 1. The summed E-state index contributed by atoms with van der Waals surface area (Å²) in [4.78, 5) is 14.2. The van der Waals surface area contributed by atoms with Gasteiger partial charge in [-0.3, -0.25) is 9.69 Å². The molecule has 4 heteroatoms. The molecule has 1 fully saturated rings. The monoisotopic (exact) mass is 274 g/mol. The van der Waals surface area contributed by atoms with E-state index in [2.05, 4.69) is 29.0 Å². The van der Waals surface area contributed by atoms with Crippen molar-refractivity contribution in [3.05, 3.63) is 24.2 Å². The maximum Gasteiger partial charge on any atom is 0.286 e. The van der Waals surface area contributed by atoms with Crippen molar-refractivity contribution in [1.29, 1.82) is 0 Å². The summed E-state index contributed by atoms with van der Waals surface area (Å²) in [5.74, 6) is 7.05. The maximum atomic E-state index is 11.8. The summed E-state index contributed by atoms with van der Waals surface area (Å²) >= 11 is 0. The highest BCUT2D eigenvalue weighted by molar-refractivity contribution is 5.91. The number of hydrogen-bond donors (Lipinski definition) is 1. The van der Waals surface area contributed by atoms with Gasteiger partial charge in [0.1, 0.15) is 0 Å². The average Bonchev–Trinajstić information content (AvgIpc) is 3.00. The third kappa shape index (κ3) is 4.43. The van der Waals surface area contributed by atoms with Crippen LogP contribution in [0.1, 0.15) is 36.7 Å². The third-order valence-electron chi connectivity index (χ3n) is 3.50. The Hall–Kier alpha value is -1.73. The number of furan rings is 1. The van der Waals surface area contributed by atoms with Crippen LogP contribution in [0.25, 0.3) is 0 Å². The maximum absolute atomic E-state index is 11.8. The van der Waals surface area contributed by atoms with Crippen molar-refractivity contribution in [3.63, 3.8) is 0 Å². The quantitative estimate of drug-likeness (QED) is 0.856. The van der Waals surface area contributed by atoms with E-state index in [1.54, 1.807) is 12.1 Å². The van der Waals surface area contributed by atoms with Crippen molar-refractivity contribution in [2.75, 3.05) is 26.2 Å². The Morgan fingerprint density at radius 1 is 1.55 bits per heavy atom. The van der Waals surface area contributed by atoms with Gasteiger partial charge in [0.05, 0.1) is 12.8 Å². The van der Waals surface area contributed by atoms with Gasteiger partial charge in [-0.05, 0) is 37.4 Å². The first kappa shape index (κ1) is 14.7. The number of carbonyl (C=O) groups excluding carboxylic acids is 1. The standard InChI is InChI=1S/C16H22N2O2/c1-2-3-4-9-18-10-5-7-14(13-18)12-17-16(19)15-8-6-11-20-15/h6,8,11,14H,2,5,7,9-10,12-13H2,1H3,(H,17,19). The van der Waals surface area contributed by atoms with Gasteiger partial charge < -0.3 is 9.73 Å². The molecule has 20 heavy (non-hydrogen) atoms. The minimum absolute atomic E-state index is 0.127. The fourth-order valence-electron chi connectivity index (χ4n) is 2.49. The molecule has 0 saturated carbocycles. The molecule has 1 aromatic heterocycles. The number of hydrogen-bond acceptors (Lipinski definition) is 3. The van der Waals surface area contributed by atoms with Crippen LogP contribution in [-0.2, 0) is 0 Å². The van der Waals surface area contributed by atoms with Crippen LogP contribution in [0.4, 0.5) is 0 Å². The van der Waals surface area contributed by atoms with E-state index in [1.165, 1.54) is 12.7 Å². The second-order valence-electron chi connectivity index (χ2n) is 5.14. The number of rotatable bonds is 4. The van der Waals surface area contributed by atoms with Gasteiger partial charge in [-0.1, -0.05) is 12.8 Å². The number of piperidine rings is 1. The summed E-state index contributed by atoms with van der Waals surface area (Å²) < 4.78 is 5.08. The van der Waals surface area contributed by atoms with Crippen molar-refractivity contribution in [1.82, 2.24) is 10.2 Å². The van der Waals surface area contributed by atoms with Gasteiger partial charge in [0.15, 0.2) is 5.76 Å². The van der Waals surface area contributed by atoms with Crippen LogP contribution in [0, 0.1) is 17.8 Å². The fraction of sp³-hybridized carbons (Fsp3) is 0.562. The summed E-state index contributed by atoms with van der Waals surface area (Å²) in [5, 5.41) is 2.95. The Morgan fingerprint density at radius 2 is 2.45 bits per heavy atom. The van der Waals surface area contributed by atoms with Crippen molar-refractivity contribution in [2.24, 2.45) is 5.92 Å². The second kappa shape index (κ2) is 7.76. The minimum atomic E-state index is -0.127. The van der Waals surface area contributed by atoms with E-state index in [0.29, 0.717) is 18.2 Å². The predicted molar refractivity (Wildman–Crippen MR) is 78.3 cm³/mol. The lowest BCUT2D eigenvalue weighted by molar-refractivity contribution is 0.0907. The lowest BCUT2D eigenvalue weighted by Gasteiger charge is -2.31. The molecule has 1 unspecified atom stereocenters. The van der Waals surface area contributed by atoms with Crippen LogP contribution in [0.5, 0.6) is 0 Å². The largest absolute Gasteiger partial charge is 0.459 e. The SMILES string of the molecule is CCC#CCN1CCCC(CNC(=O)c2ccco2)C1. The fourth-order valence-corrected chi connectivity index (χ4v) is 2.49. The molecule has 0 aliphatic carbocycles. The smallest absolute Gasteiger partial charge is 0.286 e. The molecule has 0 spiro atoms. The molecular weight excluding hydrogens is 252 g/mol. The number of carbonyl (C=O) groups is 1. The van der Waals surface area contributed by atoms with Gasteiger partial charge in [-0.15, -0.1) is 5.92 Å². The van der Waals surface area contributed by atoms with Crippen LogP contribution >= 0.6 is 0 Å². The summed E-state index contributed by atoms with van der Waals surface area (Å²) in [6.07, 6.45) is 4.77. The van der Waals surface area contributed by atoms with Gasteiger partial charge >= 0.3 is 0 Å². The Balaban J connectivity index is 1.74. The molecule has 1 N–H and O–H groups in total. The van der Waals surface area contributed by atoms with Crippen LogP contribution in [0.3, 0.4) is 0 Å². The first-order valence-corrected chi connectivity index (χ1v) is 7.29. The lowest BCUT2D eigenvalue weighted by atomic mass is 9.98. The highest BCUT2D eigenvalue weighted by Crippen LogP contribution is 2.15. The molecule has 1 aliphatic rings. The van der Waals surface area contributed by atoms with Crippen LogP contribution in [-0.4, -0.2) is 37.0 Å². The topological polar surface area (TPSA) is 45.5 Å². The zero-order chi connectivity index (χ0) is 14.2. The Kier molecular flexibility index (Phi) is 5.69. The van der Waals surface area contributed by atoms with Crippen LogP contribution < -0.4 is 5.32 Å². The molecule has 4 nitrogen and oxygen atoms in total. The average molecular weight is 274 g/mol. The molecule has 2 heterocycles. The van der Waals surface area contributed by atoms with E-state index in [0.717, 1.165) is 32.5 Å². The van der Waals surface area contributed by atoms with Gasteiger partial charge in [-0.25, -0.2) is 0 Å². The normalized spacial score (nSPS) is 19.1. The Morgan fingerprint density at radius 3 is 3.20 bits per heavy atom. The van der Waals surface area contributed by atoms with Crippen molar-refractivity contribution < 1.29 is 9.21 Å². The lowest BCUT2D eigenvalue weighted by Crippen LogP contribution is -2.41. The van der Waals surface area contributed by atoms with Gasteiger partial charge in [0.2, 0.25) is 0 Å². The second-order valence-corrected chi connectivity index (χ2v) is 5.14. The highest BCUT2D eigenvalue weighted by Gasteiger charge is 2.20. The zero-order valence-corrected chi connectivity index (χ0v) is 12.0. The van der Waals surface area contributed by atoms with E-state index < -0.39 is 0 Å². The molecule has 1 atom stereocenters. The van der Waals surface area contributed by atoms with E-state index in [1.807, 2.05) is 0 Å². The predicted octanol–water partition coefficient (Wildman–Crippen LogP) is 2.13. The molecular formula is C16H22N2O2. The highest BCUT2D eigenvalue weighted by atomic mass is 16.3. The summed E-state index contributed by atoms with van der Waals surface area (Å²) in [7, 11) is 0. The Bertz CT molecular complexity index is 470. The van der Waals surface area contributed by atoms with Crippen LogP contribution in [0.2, 0.25) is 0 Å². The zero-order valence-electron chi connectivity index (χ0n) is 12.0. The summed E-state index contributed by atoms with van der Waals surface area (Å²) in [6, 6.07) is 3.41. The molecule has 0 bridgehead atoms. The van der Waals surface area contributed by atoms with Crippen molar-refractivity contribution in [3.8, 4) is 11.8 Å². The van der Waals surface area contributed by atoms with E-state index in [-0.39, 0.29) is 5.91 Å². The molecule has 1 amide bonds. The molecule has 108 valence electrons. The molecule has 0 radical (unpaired) electrons. The van der Waals surface area contributed by atoms with E-state index in [4.69, 9.17) is 4.42 Å². The molecule has 1 saturated heterocycles. The minimum Gasteiger partial charge on any atom is -0.459 e.